The summed E-state index contributed by atoms with van der Waals surface area (Å²) in [6.07, 6.45) is -3.37. The maximum absolute atomic E-state index is 12.4. The minimum absolute atomic E-state index is 0.0977. The number of halogens is 3. The fourth-order valence-electron chi connectivity index (χ4n) is 1.81. The van der Waals surface area contributed by atoms with Crippen LogP contribution >= 0.6 is 0 Å². The number of nitrogens with zero attached hydrogens (tertiary/aromatic N) is 2. The van der Waals surface area contributed by atoms with Crippen LogP contribution in [0.1, 0.15) is 18.9 Å². The smallest absolute Gasteiger partial charge is 0.417 e. The van der Waals surface area contributed by atoms with Crippen molar-refractivity contribution in [2.24, 2.45) is 10.7 Å². The minimum atomic E-state index is -4.40. The topological polar surface area (TPSA) is 69.7 Å². The fourth-order valence-corrected chi connectivity index (χ4v) is 1.81. The largest absolute Gasteiger partial charge is 0.475 e. The quantitative estimate of drug-likeness (QED) is 0.920. The third-order valence-corrected chi connectivity index (χ3v) is 2.72. The highest BCUT2D eigenvalue weighted by molar-refractivity contribution is 5.72. The van der Waals surface area contributed by atoms with Crippen molar-refractivity contribution in [1.82, 2.24) is 4.98 Å². The Morgan fingerprint density at radius 1 is 1.50 bits per heavy atom. The molecule has 110 valence electrons. The van der Waals surface area contributed by atoms with Gasteiger partial charge in [0.05, 0.1) is 17.7 Å². The first-order valence-electron chi connectivity index (χ1n) is 6.00. The average Bonchev–Trinajstić information content (AvgIpc) is 2.74. The van der Waals surface area contributed by atoms with Crippen LogP contribution in [0.15, 0.2) is 23.3 Å². The molecule has 0 bridgehead atoms. The average molecular weight is 289 g/mol. The van der Waals surface area contributed by atoms with Crippen LogP contribution in [-0.4, -0.2) is 29.8 Å². The minimum Gasteiger partial charge on any atom is -0.475 e. The summed E-state index contributed by atoms with van der Waals surface area (Å²) in [6, 6.07) is 2.18. The molecular weight excluding hydrogens is 275 g/mol. The summed E-state index contributed by atoms with van der Waals surface area (Å²) in [4.78, 5) is 7.68. The van der Waals surface area contributed by atoms with E-state index in [0.29, 0.717) is 13.0 Å². The van der Waals surface area contributed by atoms with Crippen LogP contribution in [0, 0.1) is 0 Å². The Hall–Kier alpha value is -1.99. The molecule has 0 spiro atoms. The van der Waals surface area contributed by atoms with Crippen LogP contribution in [-0.2, 0) is 10.9 Å². The molecule has 1 aromatic heterocycles. The first-order valence-corrected chi connectivity index (χ1v) is 6.00. The summed E-state index contributed by atoms with van der Waals surface area (Å²) in [5, 5.41) is 0. The number of amidine groups is 1. The zero-order chi connectivity index (χ0) is 14.8. The fraction of sp³-hybridized carbons (Fsp3) is 0.500. The predicted molar refractivity (Wildman–Crippen MR) is 65.3 cm³/mol. The molecule has 1 unspecified atom stereocenters. The molecule has 0 aromatic carbocycles. The molecule has 1 aliphatic heterocycles. The molecule has 1 aromatic rings. The third kappa shape index (κ3) is 3.75. The van der Waals surface area contributed by atoms with Crippen molar-refractivity contribution in [3.05, 3.63) is 23.9 Å². The molecule has 1 aliphatic rings. The first kappa shape index (κ1) is 14.4. The molecule has 0 saturated carbocycles. The van der Waals surface area contributed by atoms with E-state index in [2.05, 4.69) is 9.98 Å². The summed E-state index contributed by atoms with van der Waals surface area (Å²) in [6.45, 7) is 2.17. The van der Waals surface area contributed by atoms with Crippen molar-refractivity contribution in [1.29, 1.82) is 0 Å². The molecule has 0 radical (unpaired) electrons. The van der Waals surface area contributed by atoms with Crippen LogP contribution in [0.2, 0.25) is 0 Å². The van der Waals surface area contributed by atoms with Gasteiger partial charge in [0.1, 0.15) is 6.61 Å². The van der Waals surface area contributed by atoms with Gasteiger partial charge in [0.2, 0.25) is 5.88 Å². The van der Waals surface area contributed by atoms with E-state index >= 15 is 0 Å². The van der Waals surface area contributed by atoms with E-state index in [1.807, 2.05) is 0 Å². The van der Waals surface area contributed by atoms with Gasteiger partial charge in [-0.3, -0.25) is 0 Å². The van der Waals surface area contributed by atoms with Gasteiger partial charge in [-0.2, -0.15) is 13.2 Å². The molecule has 2 heterocycles. The predicted octanol–water partition coefficient (Wildman–Crippen LogP) is 1.97. The van der Waals surface area contributed by atoms with Gasteiger partial charge in [-0.15, -0.1) is 0 Å². The SMILES string of the molecule is C[C@@H](CC1COC(N)=N1)Oc1ccc(C(F)(F)F)cn1. The lowest BCUT2D eigenvalue weighted by Gasteiger charge is -2.15. The van der Waals surface area contributed by atoms with Crippen molar-refractivity contribution in [2.75, 3.05) is 6.61 Å². The number of rotatable bonds is 4. The van der Waals surface area contributed by atoms with Crippen LogP contribution < -0.4 is 10.5 Å². The molecule has 2 N–H and O–H groups in total. The number of aliphatic imine (C=N–C) groups is 1. The van der Waals surface area contributed by atoms with Gasteiger partial charge in [-0.05, 0) is 13.0 Å². The lowest BCUT2D eigenvalue weighted by Crippen LogP contribution is -2.20. The summed E-state index contributed by atoms with van der Waals surface area (Å²) in [5.41, 5.74) is 4.57. The number of aromatic nitrogens is 1. The van der Waals surface area contributed by atoms with Gasteiger partial charge in [-0.25, -0.2) is 9.98 Å². The second-order valence-corrected chi connectivity index (χ2v) is 4.48. The van der Waals surface area contributed by atoms with Crippen molar-refractivity contribution in [2.45, 2.75) is 31.7 Å². The molecule has 0 saturated heterocycles. The highest BCUT2D eigenvalue weighted by Crippen LogP contribution is 2.29. The second kappa shape index (κ2) is 5.56. The van der Waals surface area contributed by atoms with E-state index in [1.54, 1.807) is 6.92 Å². The number of nitrogens with two attached hydrogens (primary N) is 1. The van der Waals surface area contributed by atoms with Gasteiger partial charge in [0.15, 0.2) is 0 Å². The van der Waals surface area contributed by atoms with E-state index in [0.717, 1.165) is 12.3 Å². The van der Waals surface area contributed by atoms with E-state index < -0.39 is 11.7 Å². The molecule has 2 atom stereocenters. The number of pyridine rings is 1. The Morgan fingerprint density at radius 3 is 2.75 bits per heavy atom. The van der Waals surface area contributed by atoms with Crippen molar-refractivity contribution >= 4 is 6.02 Å². The summed E-state index contributed by atoms with van der Waals surface area (Å²) in [5.74, 6) is 0.140. The molecule has 8 heteroatoms. The van der Waals surface area contributed by atoms with Crippen LogP contribution in [0.4, 0.5) is 13.2 Å². The van der Waals surface area contributed by atoms with E-state index in [1.165, 1.54) is 6.07 Å². The Balaban J connectivity index is 1.90. The number of alkyl halides is 3. The van der Waals surface area contributed by atoms with Gasteiger partial charge < -0.3 is 15.2 Å². The van der Waals surface area contributed by atoms with Gasteiger partial charge in [0.25, 0.3) is 6.02 Å². The number of ether oxygens (including phenoxy) is 2. The summed E-state index contributed by atoms with van der Waals surface area (Å²) < 4.78 is 47.5. The molecule has 0 amide bonds. The number of hydrogen-bond donors (Lipinski definition) is 1. The highest BCUT2D eigenvalue weighted by atomic mass is 19.4. The van der Waals surface area contributed by atoms with E-state index in [4.69, 9.17) is 15.2 Å². The van der Waals surface area contributed by atoms with Crippen molar-refractivity contribution in [3.63, 3.8) is 0 Å². The van der Waals surface area contributed by atoms with E-state index in [-0.39, 0.29) is 24.0 Å². The normalized spacial score (nSPS) is 20.2. The van der Waals surface area contributed by atoms with Crippen molar-refractivity contribution in [3.8, 4) is 5.88 Å². The zero-order valence-corrected chi connectivity index (χ0v) is 10.7. The highest BCUT2D eigenvalue weighted by Gasteiger charge is 2.30. The number of hydrogen-bond acceptors (Lipinski definition) is 5. The maximum Gasteiger partial charge on any atom is 0.417 e. The second-order valence-electron chi connectivity index (χ2n) is 4.48. The lowest BCUT2D eigenvalue weighted by molar-refractivity contribution is -0.137. The summed E-state index contributed by atoms with van der Waals surface area (Å²) in [7, 11) is 0. The van der Waals surface area contributed by atoms with Crippen LogP contribution in [0.25, 0.3) is 0 Å². The van der Waals surface area contributed by atoms with Gasteiger partial charge >= 0.3 is 6.18 Å². The Bertz CT molecular complexity index is 488. The molecule has 20 heavy (non-hydrogen) atoms. The molecule has 5 nitrogen and oxygen atoms in total. The maximum atomic E-state index is 12.4. The van der Waals surface area contributed by atoms with E-state index in [9.17, 15) is 13.2 Å². The Morgan fingerprint density at radius 2 is 2.25 bits per heavy atom. The standard InChI is InChI=1S/C12H14F3N3O2/c1-7(4-9-6-19-11(16)18-9)20-10-3-2-8(5-17-10)12(13,14)15/h2-3,5,7,9H,4,6H2,1H3,(H2,16,18)/t7-,9?/m0/s1. The van der Waals surface area contributed by atoms with Gasteiger partial charge in [0, 0.05) is 18.7 Å². The van der Waals surface area contributed by atoms with Crippen LogP contribution in [0.5, 0.6) is 5.88 Å². The Labute approximate surface area is 113 Å². The Kier molecular flexibility index (Phi) is 4.01. The molecule has 2 rings (SSSR count). The zero-order valence-electron chi connectivity index (χ0n) is 10.7. The monoisotopic (exact) mass is 289 g/mol. The van der Waals surface area contributed by atoms with Crippen molar-refractivity contribution < 1.29 is 22.6 Å². The molecular formula is C12H14F3N3O2. The molecule has 0 fully saturated rings. The first-order chi connectivity index (χ1) is 9.34. The summed E-state index contributed by atoms with van der Waals surface area (Å²) >= 11 is 0. The van der Waals surface area contributed by atoms with Gasteiger partial charge in [-0.1, -0.05) is 0 Å². The van der Waals surface area contributed by atoms with Crippen LogP contribution in [0.3, 0.4) is 0 Å². The molecule has 0 aliphatic carbocycles. The lowest BCUT2D eigenvalue weighted by atomic mass is 10.1. The third-order valence-electron chi connectivity index (χ3n) is 2.72.